The van der Waals surface area contributed by atoms with Gasteiger partial charge in [0.2, 0.25) is 0 Å². The molecule has 0 aromatic heterocycles. The fraction of sp³-hybridized carbons (Fsp3) is 0.222. The molecular weight excluding hydrogens is 232 g/mol. The van der Waals surface area contributed by atoms with Crippen LogP contribution in [-0.2, 0) is 10.0 Å². The molecule has 1 heterocycles. The first-order chi connectivity index (χ1) is 7.16. The van der Waals surface area contributed by atoms with E-state index in [4.69, 9.17) is 0 Å². The third-order valence-corrected chi connectivity index (χ3v) is 4.09. The summed E-state index contributed by atoms with van der Waals surface area (Å²) in [6.07, 6.45) is 1.34. The summed E-state index contributed by atoms with van der Waals surface area (Å²) in [4.78, 5) is 4.34. The first-order valence-corrected chi connectivity index (χ1v) is 6.49. The average molecular weight is 242 g/mol. The molecule has 0 unspecified atom stereocenters. The van der Waals surface area contributed by atoms with E-state index < -0.39 is 10.0 Å². The van der Waals surface area contributed by atoms with Crippen molar-refractivity contribution in [3.63, 3.8) is 0 Å². The van der Waals surface area contributed by atoms with E-state index in [0.29, 0.717) is 18.0 Å². The van der Waals surface area contributed by atoms with Crippen LogP contribution in [0.5, 0.6) is 0 Å². The molecule has 80 valence electrons. The zero-order valence-electron chi connectivity index (χ0n) is 7.87. The van der Waals surface area contributed by atoms with Crippen molar-refractivity contribution in [3.8, 4) is 0 Å². The van der Waals surface area contributed by atoms with Crippen LogP contribution in [0, 0.1) is 0 Å². The van der Waals surface area contributed by atoms with Crippen LogP contribution in [0.15, 0.2) is 34.2 Å². The van der Waals surface area contributed by atoms with Gasteiger partial charge < -0.3 is 0 Å². The van der Waals surface area contributed by atoms with Crippen molar-refractivity contribution >= 4 is 34.7 Å². The number of aliphatic imine (C=N–C) groups is 1. The van der Waals surface area contributed by atoms with Crippen LogP contribution in [0.3, 0.4) is 0 Å². The molecule has 2 rings (SSSR count). The number of hydrogen-bond acceptors (Lipinski definition) is 4. The number of para-hydroxylation sites is 1. The second-order valence-electron chi connectivity index (χ2n) is 3.05. The highest BCUT2D eigenvalue weighted by molar-refractivity contribution is 7.90. The normalized spacial score (nSPS) is 17.5. The second kappa shape index (κ2) is 3.86. The Morgan fingerprint density at radius 2 is 2.07 bits per heavy atom. The van der Waals surface area contributed by atoms with Crippen LogP contribution in [0.2, 0.25) is 0 Å². The summed E-state index contributed by atoms with van der Waals surface area (Å²) in [5.74, 6) is 0.466. The van der Waals surface area contributed by atoms with Gasteiger partial charge in [-0.25, -0.2) is 13.4 Å². The number of thiol groups is 1. The standard InChI is InChI=1S/C9H10N2O2S2/c12-15(13)9-4-2-1-3-8(9)10-7-11(15)5-6-14/h1-4,7,14H,5-6H2. The minimum absolute atomic E-state index is 0.259. The summed E-state index contributed by atoms with van der Waals surface area (Å²) in [5.41, 5.74) is 0.493. The minimum atomic E-state index is -3.41. The van der Waals surface area contributed by atoms with Crippen LogP contribution in [0.1, 0.15) is 0 Å². The van der Waals surface area contributed by atoms with E-state index in [1.807, 2.05) is 0 Å². The molecule has 0 amide bonds. The maximum atomic E-state index is 12.0. The average Bonchev–Trinajstić information content (AvgIpc) is 2.23. The summed E-state index contributed by atoms with van der Waals surface area (Å²) in [6.45, 7) is 0.337. The maximum Gasteiger partial charge on any atom is 0.267 e. The lowest BCUT2D eigenvalue weighted by molar-refractivity contribution is 0.535. The lowest BCUT2D eigenvalue weighted by Crippen LogP contribution is -2.33. The maximum absolute atomic E-state index is 12.0. The lowest BCUT2D eigenvalue weighted by Gasteiger charge is -2.23. The second-order valence-corrected chi connectivity index (χ2v) is 5.36. The number of nitrogens with zero attached hydrogens (tertiary/aromatic N) is 2. The predicted molar refractivity (Wildman–Crippen MR) is 62.3 cm³/mol. The van der Waals surface area contributed by atoms with Gasteiger partial charge in [0.15, 0.2) is 0 Å². The molecular formula is C9H10N2O2S2. The molecule has 1 aliphatic rings. The molecule has 0 saturated carbocycles. The van der Waals surface area contributed by atoms with Gasteiger partial charge in [0.25, 0.3) is 10.0 Å². The first kappa shape index (κ1) is 10.5. The number of rotatable bonds is 2. The summed E-state index contributed by atoms with van der Waals surface area (Å²) in [7, 11) is -3.41. The van der Waals surface area contributed by atoms with Crippen molar-refractivity contribution in [1.29, 1.82) is 0 Å². The molecule has 1 aromatic rings. The van der Waals surface area contributed by atoms with Crippen LogP contribution < -0.4 is 0 Å². The molecule has 15 heavy (non-hydrogen) atoms. The predicted octanol–water partition coefficient (Wildman–Crippen LogP) is 1.28. The Bertz CT molecular complexity index is 497. The highest BCUT2D eigenvalue weighted by Gasteiger charge is 2.27. The molecule has 1 aliphatic heterocycles. The Morgan fingerprint density at radius 3 is 2.80 bits per heavy atom. The van der Waals surface area contributed by atoms with Gasteiger partial charge in [-0.15, -0.1) is 0 Å². The molecule has 0 atom stereocenters. The number of hydrogen-bond donors (Lipinski definition) is 1. The van der Waals surface area contributed by atoms with E-state index in [0.717, 1.165) is 0 Å². The Kier molecular flexibility index (Phi) is 2.70. The van der Waals surface area contributed by atoms with Gasteiger partial charge in [-0.3, -0.25) is 4.31 Å². The Hall–Kier alpha value is -1.01. The molecule has 0 spiro atoms. The molecule has 0 aliphatic carbocycles. The topological polar surface area (TPSA) is 49.7 Å². The largest absolute Gasteiger partial charge is 0.267 e. The molecule has 0 radical (unpaired) electrons. The highest BCUT2D eigenvalue weighted by atomic mass is 32.2. The van der Waals surface area contributed by atoms with Crippen molar-refractivity contribution in [2.24, 2.45) is 4.99 Å². The summed E-state index contributed by atoms with van der Waals surface area (Å²) in [5, 5.41) is 0. The van der Waals surface area contributed by atoms with Crippen molar-refractivity contribution in [2.75, 3.05) is 12.3 Å². The number of benzene rings is 1. The van der Waals surface area contributed by atoms with E-state index >= 15 is 0 Å². The van der Waals surface area contributed by atoms with E-state index in [-0.39, 0.29) is 4.90 Å². The molecule has 0 saturated heterocycles. The summed E-state index contributed by atoms with van der Waals surface area (Å²) < 4.78 is 25.2. The Labute approximate surface area is 94.1 Å². The van der Waals surface area contributed by atoms with E-state index in [1.165, 1.54) is 10.6 Å². The van der Waals surface area contributed by atoms with Gasteiger partial charge >= 0.3 is 0 Å². The molecule has 0 fully saturated rings. The van der Waals surface area contributed by atoms with Crippen LogP contribution in [0.4, 0.5) is 5.69 Å². The van der Waals surface area contributed by atoms with E-state index in [1.54, 1.807) is 24.3 Å². The molecule has 4 nitrogen and oxygen atoms in total. The van der Waals surface area contributed by atoms with Crippen molar-refractivity contribution in [1.82, 2.24) is 4.31 Å². The van der Waals surface area contributed by atoms with Gasteiger partial charge in [0.1, 0.15) is 11.2 Å². The van der Waals surface area contributed by atoms with Gasteiger partial charge in [-0.2, -0.15) is 12.6 Å². The molecule has 1 aromatic carbocycles. The van der Waals surface area contributed by atoms with Crippen LogP contribution in [0.25, 0.3) is 0 Å². The fourth-order valence-corrected chi connectivity index (χ4v) is 3.12. The third kappa shape index (κ3) is 1.74. The smallest absolute Gasteiger partial charge is 0.255 e. The summed E-state index contributed by atoms with van der Waals surface area (Å²) in [6, 6.07) is 6.70. The van der Waals surface area contributed by atoms with Gasteiger partial charge in [-0.1, -0.05) is 12.1 Å². The van der Waals surface area contributed by atoms with Crippen molar-refractivity contribution in [2.45, 2.75) is 4.90 Å². The van der Waals surface area contributed by atoms with Gasteiger partial charge in [0, 0.05) is 12.3 Å². The minimum Gasteiger partial charge on any atom is -0.255 e. The molecule has 0 bridgehead atoms. The molecule has 6 heteroatoms. The fourth-order valence-electron chi connectivity index (χ4n) is 1.37. The Morgan fingerprint density at radius 1 is 1.33 bits per heavy atom. The molecule has 0 N–H and O–H groups in total. The van der Waals surface area contributed by atoms with Crippen LogP contribution in [-0.4, -0.2) is 31.4 Å². The number of sulfonamides is 1. The van der Waals surface area contributed by atoms with Crippen molar-refractivity contribution in [3.05, 3.63) is 24.3 Å². The van der Waals surface area contributed by atoms with E-state index in [9.17, 15) is 8.42 Å². The monoisotopic (exact) mass is 242 g/mol. The van der Waals surface area contributed by atoms with Gasteiger partial charge in [0.05, 0.1) is 5.69 Å². The number of fused-ring (bicyclic) bond motifs is 1. The Balaban J connectivity index is 2.53. The van der Waals surface area contributed by atoms with E-state index in [2.05, 4.69) is 17.6 Å². The lowest BCUT2D eigenvalue weighted by atomic mass is 10.3. The third-order valence-electron chi connectivity index (χ3n) is 2.10. The zero-order valence-corrected chi connectivity index (χ0v) is 9.58. The van der Waals surface area contributed by atoms with Crippen molar-refractivity contribution < 1.29 is 8.42 Å². The SMILES string of the molecule is O=S1(=O)c2ccccc2N=CN1CCS. The zero-order chi connectivity index (χ0) is 10.9. The highest BCUT2D eigenvalue weighted by Crippen LogP contribution is 2.29. The van der Waals surface area contributed by atoms with Gasteiger partial charge in [-0.05, 0) is 12.1 Å². The van der Waals surface area contributed by atoms with Crippen LogP contribution >= 0.6 is 12.6 Å². The quantitative estimate of drug-likeness (QED) is 0.794. The first-order valence-electron chi connectivity index (χ1n) is 4.42. The summed E-state index contributed by atoms with van der Waals surface area (Å²) >= 11 is 4.01.